The van der Waals surface area contributed by atoms with Crippen molar-refractivity contribution in [1.82, 2.24) is 10.2 Å². The third-order valence-corrected chi connectivity index (χ3v) is 3.54. The molecule has 5 heteroatoms. The van der Waals surface area contributed by atoms with Crippen LogP contribution in [0.4, 0.5) is 0 Å². The minimum absolute atomic E-state index is 0.161. The van der Waals surface area contributed by atoms with Crippen LogP contribution in [-0.4, -0.2) is 17.3 Å². The van der Waals surface area contributed by atoms with Crippen LogP contribution in [0.15, 0.2) is 58.8 Å². The van der Waals surface area contributed by atoms with Gasteiger partial charge in [0.15, 0.2) is 0 Å². The number of fused-ring (bicyclic) bond motifs is 1. The van der Waals surface area contributed by atoms with Crippen molar-refractivity contribution in [3.05, 3.63) is 81.2 Å². The first kappa shape index (κ1) is 16.5. The zero-order chi connectivity index (χ0) is 16.8. The Bertz CT molecular complexity index is 780. The monoisotopic (exact) mass is 311 g/mol. The number of ether oxygens (including phenoxy) is 1. The molecule has 0 aliphatic heterocycles. The molecule has 0 aromatic carbocycles. The molecule has 0 radical (unpaired) electrons. The van der Waals surface area contributed by atoms with Gasteiger partial charge in [0, 0.05) is 12.0 Å². The van der Waals surface area contributed by atoms with Crippen LogP contribution in [0.1, 0.15) is 23.7 Å². The topological polar surface area (TPSA) is 81.0 Å². The standard InChI is InChI=1S/C18H21N3O2/c1-12(9-10-17(23-3)13(2)19)11-16-14-7-5-4-6-8-15(14)18(22)21-20-16/h4-6,8-10H,2,7,11,19H2,1,3H3,(H,21,22)/b12-9+,17-10+. The van der Waals surface area contributed by atoms with E-state index in [4.69, 9.17) is 10.5 Å². The van der Waals surface area contributed by atoms with Crippen molar-refractivity contribution in [1.29, 1.82) is 0 Å². The Morgan fingerprint density at radius 1 is 1.48 bits per heavy atom. The van der Waals surface area contributed by atoms with E-state index in [9.17, 15) is 4.79 Å². The molecule has 1 aliphatic rings. The number of nitrogens with zero attached hydrogens (tertiary/aromatic N) is 1. The molecule has 2 rings (SSSR count). The molecule has 23 heavy (non-hydrogen) atoms. The third-order valence-electron chi connectivity index (χ3n) is 3.54. The number of H-pyrrole nitrogens is 1. The molecule has 1 aromatic heterocycles. The largest absolute Gasteiger partial charge is 0.495 e. The van der Waals surface area contributed by atoms with Gasteiger partial charge in [-0.2, -0.15) is 5.10 Å². The Balaban J connectivity index is 2.31. The number of hydrogen-bond acceptors (Lipinski definition) is 4. The summed E-state index contributed by atoms with van der Waals surface area (Å²) in [6, 6.07) is 0. The Kier molecular flexibility index (Phi) is 5.36. The van der Waals surface area contributed by atoms with E-state index in [0.717, 1.165) is 16.8 Å². The summed E-state index contributed by atoms with van der Waals surface area (Å²) in [7, 11) is 1.55. The van der Waals surface area contributed by atoms with Gasteiger partial charge < -0.3 is 10.5 Å². The molecular formula is C18H21N3O2. The molecule has 1 aliphatic carbocycles. The summed E-state index contributed by atoms with van der Waals surface area (Å²) in [5.41, 5.74) is 9.42. The number of aromatic amines is 1. The van der Waals surface area contributed by atoms with E-state index in [1.807, 2.05) is 37.3 Å². The van der Waals surface area contributed by atoms with Crippen LogP contribution < -0.4 is 11.3 Å². The van der Waals surface area contributed by atoms with Crippen molar-refractivity contribution in [2.75, 3.05) is 7.11 Å². The zero-order valence-electron chi connectivity index (χ0n) is 13.4. The van der Waals surface area contributed by atoms with Crippen molar-refractivity contribution in [3.63, 3.8) is 0 Å². The number of allylic oxidation sites excluding steroid dienone is 6. The maximum atomic E-state index is 11.9. The summed E-state index contributed by atoms with van der Waals surface area (Å²) < 4.78 is 5.15. The quantitative estimate of drug-likeness (QED) is 0.646. The van der Waals surface area contributed by atoms with Crippen LogP contribution in [0, 0.1) is 0 Å². The van der Waals surface area contributed by atoms with Crippen LogP contribution in [-0.2, 0) is 17.6 Å². The SMILES string of the molecule is C=C(N)/C(=C\C=C(/C)Cc1n[nH]c(=O)c2c1CC=CC=C2)OC. The van der Waals surface area contributed by atoms with Gasteiger partial charge in [-0.1, -0.05) is 36.5 Å². The van der Waals surface area contributed by atoms with Crippen molar-refractivity contribution in [2.24, 2.45) is 5.73 Å². The van der Waals surface area contributed by atoms with Gasteiger partial charge in [-0.15, -0.1) is 0 Å². The minimum Gasteiger partial charge on any atom is -0.495 e. The average molecular weight is 311 g/mol. The molecule has 0 atom stereocenters. The van der Waals surface area contributed by atoms with Crippen molar-refractivity contribution >= 4 is 6.08 Å². The molecule has 1 heterocycles. The summed E-state index contributed by atoms with van der Waals surface area (Å²) in [6.07, 6.45) is 12.7. The summed E-state index contributed by atoms with van der Waals surface area (Å²) in [6.45, 7) is 5.64. The molecule has 5 nitrogen and oxygen atoms in total. The Hall–Kier alpha value is -2.82. The number of rotatable bonds is 5. The predicted octanol–water partition coefficient (Wildman–Crippen LogP) is 2.39. The lowest BCUT2D eigenvalue weighted by atomic mass is 10.0. The number of aromatic nitrogens is 2. The maximum Gasteiger partial charge on any atom is 0.271 e. The van der Waals surface area contributed by atoms with E-state index >= 15 is 0 Å². The molecular weight excluding hydrogens is 290 g/mol. The molecule has 0 fully saturated rings. The Morgan fingerprint density at radius 2 is 2.26 bits per heavy atom. The van der Waals surface area contributed by atoms with Gasteiger partial charge >= 0.3 is 0 Å². The predicted molar refractivity (Wildman–Crippen MR) is 92.6 cm³/mol. The number of methoxy groups -OCH3 is 1. The normalized spacial score (nSPS) is 14.3. The first-order valence-corrected chi connectivity index (χ1v) is 7.32. The van der Waals surface area contributed by atoms with E-state index in [1.54, 1.807) is 13.2 Å². The second kappa shape index (κ2) is 7.45. The Morgan fingerprint density at radius 3 is 2.96 bits per heavy atom. The highest BCUT2D eigenvalue weighted by Crippen LogP contribution is 2.17. The van der Waals surface area contributed by atoms with E-state index in [0.29, 0.717) is 29.9 Å². The summed E-state index contributed by atoms with van der Waals surface area (Å²) in [5, 5.41) is 6.78. The number of nitrogens with one attached hydrogen (secondary N) is 1. The average Bonchev–Trinajstić information content (AvgIpc) is 2.77. The van der Waals surface area contributed by atoms with E-state index < -0.39 is 0 Å². The zero-order valence-corrected chi connectivity index (χ0v) is 13.4. The highest BCUT2D eigenvalue weighted by atomic mass is 16.5. The Labute approximate surface area is 135 Å². The molecule has 0 amide bonds. The lowest BCUT2D eigenvalue weighted by Gasteiger charge is -2.09. The van der Waals surface area contributed by atoms with Crippen LogP contribution in [0.2, 0.25) is 0 Å². The van der Waals surface area contributed by atoms with E-state index in [1.165, 1.54) is 0 Å². The molecule has 0 unspecified atom stereocenters. The van der Waals surface area contributed by atoms with Gasteiger partial charge in [0.25, 0.3) is 5.56 Å². The van der Waals surface area contributed by atoms with Gasteiger partial charge in [0.2, 0.25) is 0 Å². The van der Waals surface area contributed by atoms with Crippen LogP contribution >= 0.6 is 0 Å². The second-order valence-corrected chi connectivity index (χ2v) is 5.33. The highest BCUT2D eigenvalue weighted by Gasteiger charge is 2.12. The first-order valence-electron chi connectivity index (χ1n) is 7.32. The van der Waals surface area contributed by atoms with Crippen LogP contribution in [0.25, 0.3) is 6.08 Å². The summed E-state index contributed by atoms with van der Waals surface area (Å²) >= 11 is 0. The van der Waals surface area contributed by atoms with Crippen molar-refractivity contribution in [2.45, 2.75) is 19.8 Å². The fraction of sp³-hybridized carbons (Fsp3) is 0.222. The molecule has 0 bridgehead atoms. The van der Waals surface area contributed by atoms with Crippen molar-refractivity contribution in [3.8, 4) is 0 Å². The lowest BCUT2D eigenvalue weighted by Crippen LogP contribution is -2.17. The van der Waals surface area contributed by atoms with Gasteiger partial charge in [0.1, 0.15) is 5.76 Å². The fourth-order valence-electron chi connectivity index (χ4n) is 2.35. The molecule has 1 aromatic rings. The van der Waals surface area contributed by atoms with E-state index in [-0.39, 0.29) is 5.56 Å². The molecule has 0 saturated carbocycles. The first-order chi connectivity index (χ1) is 11.0. The molecule has 0 spiro atoms. The fourth-order valence-corrected chi connectivity index (χ4v) is 2.35. The highest BCUT2D eigenvalue weighted by molar-refractivity contribution is 5.57. The maximum absolute atomic E-state index is 11.9. The van der Waals surface area contributed by atoms with Crippen LogP contribution in [0.3, 0.4) is 0 Å². The smallest absolute Gasteiger partial charge is 0.271 e. The lowest BCUT2D eigenvalue weighted by molar-refractivity contribution is 0.300. The van der Waals surface area contributed by atoms with Gasteiger partial charge in [-0.3, -0.25) is 4.79 Å². The van der Waals surface area contributed by atoms with Crippen molar-refractivity contribution < 1.29 is 4.74 Å². The summed E-state index contributed by atoms with van der Waals surface area (Å²) in [5.74, 6) is 0.531. The minimum atomic E-state index is -0.161. The van der Waals surface area contributed by atoms with Crippen LogP contribution in [0.5, 0.6) is 0 Å². The molecule has 0 saturated heterocycles. The van der Waals surface area contributed by atoms with Gasteiger partial charge in [0.05, 0.1) is 18.5 Å². The van der Waals surface area contributed by atoms with E-state index in [2.05, 4.69) is 16.8 Å². The number of nitrogens with two attached hydrogens (primary N) is 1. The third kappa shape index (κ3) is 4.10. The molecule has 3 N–H and O–H groups in total. The van der Waals surface area contributed by atoms with Gasteiger partial charge in [-0.25, -0.2) is 5.10 Å². The summed E-state index contributed by atoms with van der Waals surface area (Å²) in [4.78, 5) is 11.9. The van der Waals surface area contributed by atoms with Gasteiger partial charge in [-0.05, 0) is 31.1 Å². The molecule has 120 valence electrons. The second-order valence-electron chi connectivity index (χ2n) is 5.33. The number of hydrogen-bond donors (Lipinski definition) is 2.